The van der Waals surface area contributed by atoms with Crippen molar-refractivity contribution in [3.8, 4) is 6.07 Å². The Bertz CT molecular complexity index is 595. The number of hydrogen-bond donors (Lipinski definition) is 2. The smallest absolute Gasteiger partial charge is 0.411 e. The number of fused-ring (bicyclic) bond motifs is 1. The molecule has 17 heavy (non-hydrogen) atoms. The molecule has 2 N–H and O–H groups in total. The summed E-state index contributed by atoms with van der Waals surface area (Å²) in [6.45, 7) is 0. The van der Waals surface area contributed by atoms with Gasteiger partial charge in [-0.15, -0.1) is 0 Å². The molecule has 1 heterocycles. The summed E-state index contributed by atoms with van der Waals surface area (Å²) >= 11 is 0. The minimum atomic E-state index is -0.512. The van der Waals surface area contributed by atoms with Gasteiger partial charge in [-0.05, 0) is 23.8 Å². The number of amides is 1. The lowest BCUT2D eigenvalue weighted by Crippen LogP contribution is -2.10. The maximum absolute atomic E-state index is 11.1. The van der Waals surface area contributed by atoms with Gasteiger partial charge in [0.1, 0.15) is 0 Å². The number of carbonyl (C=O) groups excluding carboxylic acids is 1. The van der Waals surface area contributed by atoms with Gasteiger partial charge >= 0.3 is 6.09 Å². The van der Waals surface area contributed by atoms with E-state index in [9.17, 15) is 4.79 Å². The van der Waals surface area contributed by atoms with Crippen LogP contribution >= 0.6 is 0 Å². The molecular formula is C12H11N3O2. The summed E-state index contributed by atoms with van der Waals surface area (Å²) in [6.07, 6.45) is 1.62. The minimum Gasteiger partial charge on any atom is -0.453 e. The number of H-pyrrole nitrogens is 1. The molecule has 0 spiro atoms. The van der Waals surface area contributed by atoms with Crippen molar-refractivity contribution in [2.45, 2.75) is 6.42 Å². The van der Waals surface area contributed by atoms with Crippen molar-refractivity contribution in [2.24, 2.45) is 0 Å². The van der Waals surface area contributed by atoms with E-state index in [0.717, 1.165) is 16.5 Å². The fourth-order valence-corrected chi connectivity index (χ4v) is 1.66. The molecular weight excluding hydrogens is 218 g/mol. The number of nitrogens with one attached hydrogen (secondary N) is 2. The molecule has 86 valence electrons. The van der Waals surface area contributed by atoms with Gasteiger partial charge in [0.25, 0.3) is 0 Å². The Hall–Kier alpha value is -2.48. The molecule has 5 nitrogen and oxygen atoms in total. The zero-order valence-corrected chi connectivity index (χ0v) is 9.28. The number of methoxy groups -OCH3 is 1. The number of aromatic nitrogens is 1. The van der Waals surface area contributed by atoms with E-state index in [4.69, 9.17) is 5.26 Å². The van der Waals surface area contributed by atoms with E-state index in [1.165, 1.54) is 7.11 Å². The average molecular weight is 229 g/mol. The van der Waals surface area contributed by atoms with Gasteiger partial charge in [-0.25, -0.2) is 4.79 Å². The van der Waals surface area contributed by atoms with Crippen molar-refractivity contribution in [2.75, 3.05) is 12.4 Å². The summed E-state index contributed by atoms with van der Waals surface area (Å²) in [5, 5.41) is 12.2. The Morgan fingerprint density at radius 3 is 3.12 bits per heavy atom. The SMILES string of the molecule is COC(=O)Nc1ccc2[nH]cc(CC#N)c2c1. The zero-order chi connectivity index (χ0) is 12.3. The van der Waals surface area contributed by atoms with Crippen molar-refractivity contribution in [1.29, 1.82) is 5.26 Å². The van der Waals surface area contributed by atoms with Crippen LogP contribution in [0.15, 0.2) is 24.4 Å². The number of hydrogen-bond acceptors (Lipinski definition) is 3. The lowest BCUT2D eigenvalue weighted by molar-refractivity contribution is 0.187. The first kappa shape index (κ1) is 11.0. The van der Waals surface area contributed by atoms with E-state index in [1.807, 2.05) is 12.1 Å². The van der Waals surface area contributed by atoms with Crippen LogP contribution in [0.25, 0.3) is 10.9 Å². The Labute approximate surface area is 98.0 Å². The van der Waals surface area contributed by atoms with Crippen LogP contribution < -0.4 is 5.32 Å². The summed E-state index contributed by atoms with van der Waals surface area (Å²) in [5.41, 5.74) is 2.49. The van der Waals surface area contributed by atoms with Crippen molar-refractivity contribution >= 4 is 22.7 Å². The topological polar surface area (TPSA) is 77.9 Å². The molecule has 0 radical (unpaired) electrons. The molecule has 0 saturated heterocycles. The summed E-state index contributed by atoms with van der Waals surface area (Å²) in [6, 6.07) is 7.53. The van der Waals surface area contributed by atoms with Crippen LogP contribution in [0.1, 0.15) is 5.56 Å². The second-order valence-corrected chi connectivity index (χ2v) is 3.53. The number of ether oxygens (including phenoxy) is 1. The summed E-state index contributed by atoms with van der Waals surface area (Å²) in [7, 11) is 1.31. The summed E-state index contributed by atoms with van der Waals surface area (Å²) in [5.74, 6) is 0. The molecule has 5 heteroatoms. The minimum absolute atomic E-state index is 0.335. The molecule has 2 aromatic rings. The number of benzene rings is 1. The molecule has 0 unspecified atom stereocenters. The van der Waals surface area contributed by atoms with E-state index >= 15 is 0 Å². The van der Waals surface area contributed by atoms with Crippen molar-refractivity contribution in [1.82, 2.24) is 4.98 Å². The van der Waals surface area contributed by atoms with Crippen molar-refractivity contribution in [3.05, 3.63) is 30.0 Å². The molecule has 1 aromatic carbocycles. The summed E-state index contributed by atoms with van der Waals surface area (Å²) < 4.78 is 4.52. The molecule has 0 aliphatic heterocycles. The Morgan fingerprint density at radius 2 is 2.41 bits per heavy atom. The average Bonchev–Trinajstić information content (AvgIpc) is 2.73. The van der Waals surface area contributed by atoms with Crippen molar-refractivity contribution < 1.29 is 9.53 Å². The summed E-state index contributed by atoms with van der Waals surface area (Å²) in [4.78, 5) is 14.1. The molecule has 0 fully saturated rings. The third kappa shape index (κ3) is 2.21. The van der Waals surface area contributed by atoms with E-state index < -0.39 is 6.09 Å². The van der Waals surface area contributed by atoms with E-state index in [0.29, 0.717) is 12.1 Å². The van der Waals surface area contributed by atoms with Crippen LogP contribution in [0, 0.1) is 11.3 Å². The number of nitriles is 1. The Morgan fingerprint density at radius 1 is 1.59 bits per heavy atom. The van der Waals surface area contributed by atoms with Gasteiger partial charge in [0.05, 0.1) is 19.6 Å². The third-order valence-corrected chi connectivity index (χ3v) is 2.47. The van der Waals surface area contributed by atoms with Gasteiger partial charge in [0.2, 0.25) is 0 Å². The highest BCUT2D eigenvalue weighted by molar-refractivity contribution is 5.91. The molecule has 0 aliphatic rings. The molecule has 0 atom stereocenters. The van der Waals surface area contributed by atoms with Gasteiger partial charge in [0.15, 0.2) is 0 Å². The first-order chi connectivity index (χ1) is 8.24. The third-order valence-electron chi connectivity index (χ3n) is 2.47. The maximum atomic E-state index is 11.1. The van der Waals surface area contributed by atoms with Crippen LogP contribution in [0.3, 0.4) is 0 Å². The largest absolute Gasteiger partial charge is 0.453 e. The first-order valence-electron chi connectivity index (χ1n) is 5.06. The molecule has 2 rings (SSSR count). The number of nitrogens with zero attached hydrogens (tertiary/aromatic N) is 1. The lowest BCUT2D eigenvalue weighted by atomic mass is 10.1. The van der Waals surface area contributed by atoms with Crippen LogP contribution in [-0.4, -0.2) is 18.2 Å². The van der Waals surface area contributed by atoms with Crippen LogP contribution in [0.5, 0.6) is 0 Å². The van der Waals surface area contributed by atoms with E-state index in [2.05, 4.69) is 21.1 Å². The van der Waals surface area contributed by atoms with Crippen molar-refractivity contribution in [3.63, 3.8) is 0 Å². The van der Waals surface area contributed by atoms with Crippen LogP contribution in [0.2, 0.25) is 0 Å². The van der Waals surface area contributed by atoms with E-state index in [-0.39, 0.29) is 0 Å². The normalized spacial score (nSPS) is 9.88. The number of rotatable bonds is 2. The predicted octanol–water partition coefficient (Wildman–Crippen LogP) is 2.41. The molecule has 0 bridgehead atoms. The van der Waals surface area contributed by atoms with E-state index in [1.54, 1.807) is 12.3 Å². The monoisotopic (exact) mass is 229 g/mol. The Balaban J connectivity index is 2.38. The highest BCUT2D eigenvalue weighted by atomic mass is 16.5. The second-order valence-electron chi connectivity index (χ2n) is 3.53. The predicted molar refractivity (Wildman–Crippen MR) is 63.6 cm³/mol. The molecule has 0 aliphatic carbocycles. The molecule has 1 aromatic heterocycles. The Kier molecular flexibility index (Phi) is 2.97. The standard InChI is InChI=1S/C12H11N3O2/c1-17-12(16)15-9-2-3-11-10(6-9)8(4-5-13)7-14-11/h2-3,6-7,14H,4H2,1H3,(H,15,16). The first-order valence-corrected chi connectivity index (χ1v) is 5.06. The fourth-order valence-electron chi connectivity index (χ4n) is 1.66. The number of carbonyl (C=O) groups is 1. The number of anilines is 1. The fraction of sp³-hybridized carbons (Fsp3) is 0.167. The second kappa shape index (κ2) is 4.58. The molecule has 0 saturated carbocycles. The molecule has 1 amide bonds. The number of aromatic amines is 1. The van der Waals surface area contributed by atoms with Crippen LogP contribution in [0.4, 0.5) is 10.5 Å². The van der Waals surface area contributed by atoms with Gasteiger partial charge in [-0.2, -0.15) is 5.26 Å². The zero-order valence-electron chi connectivity index (χ0n) is 9.28. The van der Waals surface area contributed by atoms with Gasteiger partial charge in [0, 0.05) is 22.8 Å². The van der Waals surface area contributed by atoms with Gasteiger partial charge in [-0.3, -0.25) is 5.32 Å². The highest BCUT2D eigenvalue weighted by Gasteiger charge is 2.06. The highest BCUT2D eigenvalue weighted by Crippen LogP contribution is 2.22. The van der Waals surface area contributed by atoms with Gasteiger partial charge in [-0.1, -0.05) is 0 Å². The quantitative estimate of drug-likeness (QED) is 0.830. The van der Waals surface area contributed by atoms with Crippen LogP contribution in [-0.2, 0) is 11.2 Å². The lowest BCUT2D eigenvalue weighted by Gasteiger charge is -2.03. The van der Waals surface area contributed by atoms with Gasteiger partial charge < -0.3 is 9.72 Å². The maximum Gasteiger partial charge on any atom is 0.411 e.